The summed E-state index contributed by atoms with van der Waals surface area (Å²) in [5.74, 6) is 0.519. The molecule has 3 rings (SSSR count). The number of nitrogens with zero attached hydrogens (tertiary/aromatic N) is 1. The SMILES string of the molecule is Cc1csc(NC(=O)COc2ccccc2Cc2ccccc2)n1. The van der Waals surface area contributed by atoms with Crippen molar-refractivity contribution in [1.82, 2.24) is 4.98 Å². The van der Waals surface area contributed by atoms with E-state index in [4.69, 9.17) is 4.74 Å². The Hall–Kier alpha value is -2.66. The van der Waals surface area contributed by atoms with Gasteiger partial charge in [0.1, 0.15) is 5.75 Å². The van der Waals surface area contributed by atoms with Crippen LogP contribution in [0.2, 0.25) is 0 Å². The molecule has 0 unspecified atom stereocenters. The molecule has 0 aliphatic rings. The van der Waals surface area contributed by atoms with E-state index in [1.165, 1.54) is 16.9 Å². The van der Waals surface area contributed by atoms with Crippen LogP contribution in [0.3, 0.4) is 0 Å². The van der Waals surface area contributed by atoms with Crippen molar-refractivity contribution in [2.24, 2.45) is 0 Å². The molecular weight excluding hydrogens is 320 g/mol. The van der Waals surface area contributed by atoms with Gasteiger partial charge in [0.2, 0.25) is 0 Å². The highest BCUT2D eigenvalue weighted by molar-refractivity contribution is 7.13. The number of rotatable bonds is 6. The maximum atomic E-state index is 12.0. The molecule has 0 saturated carbocycles. The van der Waals surface area contributed by atoms with Gasteiger partial charge in [-0.25, -0.2) is 4.98 Å². The van der Waals surface area contributed by atoms with E-state index in [2.05, 4.69) is 22.4 Å². The molecule has 4 nitrogen and oxygen atoms in total. The quantitative estimate of drug-likeness (QED) is 0.737. The molecule has 1 heterocycles. The van der Waals surface area contributed by atoms with Crippen molar-refractivity contribution in [3.63, 3.8) is 0 Å². The molecule has 1 amide bonds. The van der Waals surface area contributed by atoms with E-state index < -0.39 is 0 Å². The predicted octanol–water partition coefficient (Wildman–Crippen LogP) is 4.06. The lowest BCUT2D eigenvalue weighted by Gasteiger charge is -2.11. The minimum atomic E-state index is -0.209. The van der Waals surface area contributed by atoms with Gasteiger partial charge in [-0.15, -0.1) is 11.3 Å². The van der Waals surface area contributed by atoms with Crippen molar-refractivity contribution in [3.8, 4) is 5.75 Å². The van der Waals surface area contributed by atoms with Crippen molar-refractivity contribution >= 4 is 22.4 Å². The molecule has 122 valence electrons. The number of anilines is 1. The second kappa shape index (κ2) is 7.75. The highest BCUT2D eigenvalue weighted by Gasteiger charge is 2.09. The summed E-state index contributed by atoms with van der Waals surface area (Å²) in [7, 11) is 0. The first kappa shape index (κ1) is 16.2. The van der Waals surface area contributed by atoms with Crippen LogP contribution >= 0.6 is 11.3 Å². The normalized spacial score (nSPS) is 10.4. The second-order valence-corrected chi connectivity index (χ2v) is 6.26. The smallest absolute Gasteiger partial charge is 0.264 e. The van der Waals surface area contributed by atoms with E-state index in [0.717, 1.165) is 23.4 Å². The molecule has 0 spiro atoms. The lowest BCUT2D eigenvalue weighted by molar-refractivity contribution is -0.118. The van der Waals surface area contributed by atoms with Crippen LogP contribution in [-0.4, -0.2) is 17.5 Å². The van der Waals surface area contributed by atoms with Crippen molar-refractivity contribution < 1.29 is 9.53 Å². The average molecular weight is 338 g/mol. The van der Waals surface area contributed by atoms with Crippen LogP contribution in [0.4, 0.5) is 5.13 Å². The number of aromatic nitrogens is 1. The van der Waals surface area contributed by atoms with Gasteiger partial charge in [-0.1, -0.05) is 48.5 Å². The second-order valence-electron chi connectivity index (χ2n) is 5.40. The summed E-state index contributed by atoms with van der Waals surface area (Å²) in [6.07, 6.45) is 0.768. The van der Waals surface area contributed by atoms with Gasteiger partial charge < -0.3 is 4.74 Å². The Bertz CT molecular complexity index is 815. The first-order valence-corrected chi connectivity index (χ1v) is 8.55. The fraction of sp³-hybridized carbons (Fsp3) is 0.158. The van der Waals surface area contributed by atoms with Crippen molar-refractivity contribution in [1.29, 1.82) is 0 Å². The molecule has 0 aliphatic heterocycles. The lowest BCUT2D eigenvalue weighted by atomic mass is 10.0. The Labute approximate surface area is 145 Å². The first-order chi connectivity index (χ1) is 11.7. The monoisotopic (exact) mass is 338 g/mol. The Morgan fingerprint density at radius 2 is 1.88 bits per heavy atom. The van der Waals surface area contributed by atoms with Crippen molar-refractivity contribution in [3.05, 3.63) is 76.8 Å². The third-order valence-electron chi connectivity index (χ3n) is 3.43. The molecule has 0 radical (unpaired) electrons. The number of thiazole rings is 1. The minimum Gasteiger partial charge on any atom is -0.483 e. The van der Waals surface area contributed by atoms with Gasteiger partial charge in [0.15, 0.2) is 11.7 Å². The zero-order valence-electron chi connectivity index (χ0n) is 13.4. The summed E-state index contributed by atoms with van der Waals surface area (Å²) >= 11 is 1.41. The van der Waals surface area contributed by atoms with Gasteiger partial charge >= 0.3 is 0 Å². The van der Waals surface area contributed by atoms with E-state index in [-0.39, 0.29) is 12.5 Å². The van der Waals surface area contributed by atoms with E-state index in [0.29, 0.717) is 5.13 Å². The van der Waals surface area contributed by atoms with Crippen LogP contribution in [0.1, 0.15) is 16.8 Å². The number of amides is 1. The molecular formula is C19H18N2O2S. The first-order valence-electron chi connectivity index (χ1n) is 7.67. The van der Waals surface area contributed by atoms with Crippen LogP contribution in [-0.2, 0) is 11.2 Å². The predicted molar refractivity (Wildman–Crippen MR) is 96.7 cm³/mol. The van der Waals surface area contributed by atoms with Crippen molar-refractivity contribution in [2.75, 3.05) is 11.9 Å². The van der Waals surface area contributed by atoms with Gasteiger partial charge in [0.25, 0.3) is 5.91 Å². The topological polar surface area (TPSA) is 51.2 Å². The molecule has 2 aromatic carbocycles. The molecule has 24 heavy (non-hydrogen) atoms. The summed E-state index contributed by atoms with van der Waals surface area (Å²) in [6.45, 7) is 1.85. The number of ether oxygens (including phenoxy) is 1. The zero-order valence-corrected chi connectivity index (χ0v) is 14.2. The maximum Gasteiger partial charge on any atom is 0.264 e. The summed E-state index contributed by atoms with van der Waals surface area (Å²) < 4.78 is 5.71. The van der Waals surface area contributed by atoms with E-state index in [9.17, 15) is 4.79 Å². The Morgan fingerprint density at radius 3 is 2.62 bits per heavy atom. The Kier molecular flexibility index (Phi) is 5.23. The van der Waals surface area contributed by atoms with Gasteiger partial charge in [0.05, 0.1) is 5.69 Å². The number of hydrogen-bond acceptors (Lipinski definition) is 4. The highest BCUT2D eigenvalue weighted by atomic mass is 32.1. The van der Waals surface area contributed by atoms with Crippen LogP contribution in [0.5, 0.6) is 5.75 Å². The number of para-hydroxylation sites is 1. The highest BCUT2D eigenvalue weighted by Crippen LogP contribution is 2.21. The molecule has 1 aromatic heterocycles. The standard InChI is InChI=1S/C19H18N2O2S/c1-14-13-24-19(20-14)21-18(22)12-23-17-10-6-5-9-16(17)11-15-7-3-2-4-8-15/h2-10,13H,11-12H2,1H3,(H,20,21,22). The van der Waals surface area contributed by atoms with Gasteiger partial charge in [-0.2, -0.15) is 0 Å². The van der Waals surface area contributed by atoms with E-state index in [1.807, 2.05) is 54.8 Å². The van der Waals surface area contributed by atoms with Crippen LogP contribution < -0.4 is 10.1 Å². The van der Waals surface area contributed by atoms with Crippen LogP contribution in [0.15, 0.2) is 60.0 Å². The summed E-state index contributed by atoms with van der Waals surface area (Å²) in [6, 6.07) is 18.0. The number of benzene rings is 2. The number of carbonyl (C=O) groups excluding carboxylic acids is 1. The fourth-order valence-corrected chi connectivity index (χ4v) is 3.02. The van der Waals surface area contributed by atoms with Gasteiger partial charge in [0, 0.05) is 11.8 Å². The molecule has 0 fully saturated rings. The largest absolute Gasteiger partial charge is 0.483 e. The zero-order chi connectivity index (χ0) is 16.8. The van der Waals surface area contributed by atoms with E-state index >= 15 is 0 Å². The minimum absolute atomic E-state index is 0.0373. The third kappa shape index (κ3) is 4.43. The van der Waals surface area contributed by atoms with Gasteiger partial charge in [-0.05, 0) is 24.1 Å². The molecule has 0 bridgehead atoms. The van der Waals surface area contributed by atoms with Gasteiger partial charge in [-0.3, -0.25) is 10.1 Å². The number of aryl methyl sites for hydroxylation is 1. The van der Waals surface area contributed by atoms with Crippen LogP contribution in [0.25, 0.3) is 0 Å². The Balaban J connectivity index is 1.61. The summed E-state index contributed by atoms with van der Waals surface area (Å²) in [5.41, 5.74) is 3.15. The number of carbonyl (C=O) groups is 1. The number of hydrogen-bond donors (Lipinski definition) is 1. The lowest BCUT2D eigenvalue weighted by Crippen LogP contribution is -2.20. The molecule has 5 heteroatoms. The van der Waals surface area contributed by atoms with Crippen LogP contribution in [0, 0.1) is 6.92 Å². The molecule has 1 N–H and O–H groups in total. The van der Waals surface area contributed by atoms with E-state index in [1.54, 1.807) is 0 Å². The summed E-state index contributed by atoms with van der Waals surface area (Å²) in [5, 5.41) is 5.24. The third-order valence-corrected chi connectivity index (χ3v) is 4.31. The molecule has 0 saturated heterocycles. The average Bonchev–Trinajstić information content (AvgIpc) is 3.00. The fourth-order valence-electron chi connectivity index (χ4n) is 2.32. The molecule has 3 aromatic rings. The molecule has 0 aliphatic carbocycles. The molecule has 0 atom stereocenters. The maximum absolute atomic E-state index is 12.0. The number of nitrogens with one attached hydrogen (secondary N) is 1. The summed E-state index contributed by atoms with van der Waals surface area (Å²) in [4.78, 5) is 16.2. The Morgan fingerprint density at radius 1 is 1.12 bits per heavy atom. The van der Waals surface area contributed by atoms with Crippen molar-refractivity contribution in [2.45, 2.75) is 13.3 Å².